The molecule has 0 radical (unpaired) electrons. The molecule has 0 aromatic heterocycles. The number of aliphatic carboxylic acids is 1. The van der Waals surface area contributed by atoms with Crippen LogP contribution in [-0.4, -0.2) is 46.7 Å². The standard InChI is InChI=1S/C11H17NO4/c13-7-8-2-1-5-12(6-8)9(14)11(3-4-11)10(15)16/h8,13H,1-7H2,(H,15,16). The average molecular weight is 227 g/mol. The number of hydrogen-bond acceptors (Lipinski definition) is 3. The Bertz CT molecular complexity index is 311. The molecule has 1 aliphatic heterocycles. The average Bonchev–Trinajstić information content (AvgIpc) is 3.09. The van der Waals surface area contributed by atoms with Gasteiger partial charge in [-0.25, -0.2) is 0 Å². The smallest absolute Gasteiger partial charge is 0.319 e. The first-order valence-electron chi connectivity index (χ1n) is 5.74. The number of carbonyl (C=O) groups excluding carboxylic acids is 1. The summed E-state index contributed by atoms with van der Waals surface area (Å²) in [6.45, 7) is 1.21. The molecule has 90 valence electrons. The van der Waals surface area contributed by atoms with Gasteiger partial charge in [-0.15, -0.1) is 0 Å². The predicted octanol–water partition coefficient (Wildman–Crippen LogP) is 0.0821. The van der Waals surface area contributed by atoms with E-state index in [0.29, 0.717) is 25.9 Å². The molecule has 1 heterocycles. The van der Waals surface area contributed by atoms with Crippen molar-refractivity contribution in [1.82, 2.24) is 4.90 Å². The van der Waals surface area contributed by atoms with Gasteiger partial charge in [0, 0.05) is 19.7 Å². The van der Waals surface area contributed by atoms with E-state index in [1.165, 1.54) is 0 Å². The highest BCUT2D eigenvalue weighted by molar-refractivity contribution is 6.04. The molecule has 1 amide bonds. The number of likely N-dealkylation sites (tertiary alicyclic amines) is 1. The molecule has 1 aliphatic carbocycles. The number of carboxylic acids is 1. The molecule has 16 heavy (non-hydrogen) atoms. The number of piperidine rings is 1. The lowest BCUT2D eigenvalue weighted by Crippen LogP contribution is -2.46. The van der Waals surface area contributed by atoms with Gasteiger partial charge in [0.1, 0.15) is 5.41 Å². The van der Waals surface area contributed by atoms with Crippen LogP contribution in [0.4, 0.5) is 0 Å². The van der Waals surface area contributed by atoms with Gasteiger partial charge in [0.05, 0.1) is 0 Å². The number of carbonyl (C=O) groups is 2. The van der Waals surface area contributed by atoms with E-state index in [0.717, 1.165) is 12.8 Å². The Labute approximate surface area is 94.0 Å². The molecule has 5 nitrogen and oxygen atoms in total. The maximum absolute atomic E-state index is 12.0. The van der Waals surface area contributed by atoms with Gasteiger partial charge in [0.15, 0.2) is 0 Å². The first-order chi connectivity index (χ1) is 7.60. The predicted molar refractivity (Wildman–Crippen MR) is 55.7 cm³/mol. The third-order valence-corrected chi connectivity index (χ3v) is 3.63. The van der Waals surface area contributed by atoms with E-state index in [1.807, 2.05) is 0 Å². The molecule has 2 rings (SSSR count). The van der Waals surface area contributed by atoms with Gasteiger partial charge < -0.3 is 15.1 Å². The molecular weight excluding hydrogens is 210 g/mol. The number of aliphatic hydroxyl groups is 1. The quantitative estimate of drug-likeness (QED) is 0.669. The fraction of sp³-hybridized carbons (Fsp3) is 0.818. The van der Waals surface area contributed by atoms with Gasteiger partial charge in [-0.3, -0.25) is 9.59 Å². The van der Waals surface area contributed by atoms with E-state index in [9.17, 15) is 9.59 Å². The lowest BCUT2D eigenvalue weighted by atomic mass is 9.96. The van der Waals surface area contributed by atoms with E-state index in [4.69, 9.17) is 10.2 Å². The monoisotopic (exact) mass is 227 g/mol. The van der Waals surface area contributed by atoms with E-state index in [-0.39, 0.29) is 18.4 Å². The summed E-state index contributed by atoms with van der Waals surface area (Å²) in [7, 11) is 0. The Morgan fingerprint density at radius 3 is 2.56 bits per heavy atom. The van der Waals surface area contributed by atoms with Crippen LogP contribution in [0.2, 0.25) is 0 Å². The zero-order chi connectivity index (χ0) is 11.8. The summed E-state index contributed by atoms with van der Waals surface area (Å²) in [6.07, 6.45) is 2.69. The second-order valence-electron chi connectivity index (χ2n) is 4.83. The molecule has 2 fully saturated rings. The Morgan fingerprint density at radius 2 is 2.06 bits per heavy atom. The minimum atomic E-state index is -1.13. The van der Waals surface area contributed by atoms with Gasteiger partial charge in [-0.1, -0.05) is 0 Å². The summed E-state index contributed by atoms with van der Waals surface area (Å²) in [5.74, 6) is -1.14. The van der Waals surface area contributed by atoms with Crippen molar-refractivity contribution in [2.75, 3.05) is 19.7 Å². The number of nitrogens with zero attached hydrogens (tertiary/aromatic N) is 1. The molecule has 0 bridgehead atoms. The first-order valence-corrected chi connectivity index (χ1v) is 5.74. The number of carboxylic acid groups (broad SMARTS) is 1. The van der Waals surface area contributed by atoms with Gasteiger partial charge in [-0.05, 0) is 31.6 Å². The van der Waals surface area contributed by atoms with Gasteiger partial charge >= 0.3 is 5.97 Å². The maximum atomic E-state index is 12.0. The van der Waals surface area contributed by atoms with Gasteiger partial charge in [0.25, 0.3) is 0 Å². The number of rotatable bonds is 3. The van der Waals surface area contributed by atoms with Crippen LogP contribution in [0, 0.1) is 11.3 Å². The van der Waals surface area contributed by atoms with E-state index in [2.05, 4.69) is 0 Å². The third kappa shape index (κ3) is 1.80. The van der Waals surface area contributed by atoms with Crippen molar-refractivity contribution < 1.29 is 19.8 Å². The molecular formula is C11H17NO4. The minimum absolute atomic E-state index is 0.0733. The summed E-state index contributed by atoms with van der Waals surface area (Å²) in [5, 5.41) is 18.1. The maximum Gasteiger partial charge on any atom is 0.319 e. The minimum Gasteiger partial charge on any atom is -0.480 e. The van der Waals surface area contributed by atoms with Crippen LogP contribution in [0.5, 0.6) is 0 Å². The van der Waals surface area contributed by atoms with Crippen molar-refractivity contribution in [3.8, 4) is 0 Å². The summed E-state index contributed by atoms with van der Waals surface area (Å²) in [5.41, 5.74) is -1.13. The number of amides is 1. The molecule has 1 unspecified atom stereocenters. The molecule has 1 saturated heterocycles. The van der Waals surface area contributed by atoms with Crippen molar-refractivity contribution in [3.63, 3.8) is 0 Å². The molecule has 1 atom stereocenters. The van der Waals surface area contributed by atoms with E-state index < -0.39 is 11.4 Å². The second-order valence-corrected chi connectivity index (χ2v) is 4.83. The van der Waals surface area contributed by atoms with Crippen LogP contribution < -0.4 is 0 Å². The largest absolute Gasteiger partial charge is 0.480 e. The highest BCUT2D eigenvalue weighted by Crippen LogP contribution is 2.47. The Hall–Kier alpha value is -1.10. The lowest BCUT2D eigenvalue weighted by molar-refractivity contribution is -0.154. The second kappa shape index (κ2) is 4.05. The van der Waals surface area contributed by atoms with Gasteiger partial charge in [0.2, 0.25) is 5.91 Å². The van der Waals surface area contributed by atoms with Crippen molar-refractivity contribution in [2.45, 2.75) is 25.7 Å². The third-order valence-electron chi connectivity index (χ3n) is 3.63. The molecule has 0 aromatic carbocycles. The lowest BCUT2D eigenvalue weighted by Gasteiger charge is -2.33. The fourth-order valence-corrected chi connectivity index (χ4v) is 2.35. The van der Waals surface area contributed by atoms with Crippen molar-refractivity contribution in [3.05, 3.63) is 0 Å². The Balaban J connectivity index is 2.02. The Morgan fingerprint density at radius 1 is 1.38 bits per heavy atom. The van der Waals surface area contributed by atoms with Crippen LogP contribution in [0.15, 0.2) is 0 Å². The normalized spacial score (nSPS) is 27.6. The van der Waals surface area contributed by atoms with E-state index in [1.54, 1.807) is 4.90 Å². The molecule has 5 heteroatoms. The van der Waals surface area contributed by atoms with Crippen molar-refractivity contribution in [2.24, 2.45) is 11.3 Å². The summed E-state index contributed by atoms with van der Waals surface area (Å²) in [6, 6.07) is 0. The van der Waals surface area contributed by atoms with Crippen molar-refractivity contribution in [1.29, 1.82) is 0 Å². The Kier molecular flexibility index (Phi) is 2.88. The topological polar surface area (TPSA) is 77.8 Å². The molecule has 2 aliphatic rings. The number of hydrogen-bond donors (Lipinski definition) is 2. The molecule has 1 saturated carbocycles. The first kappa shape index (κ1) is 11.4. The molecule has 0 spiro atoms. The number of aliphatic hydroxyl groups excluding tert-OH is 1. The summed E-state index contributed by atoms with van der Waals surface area (Å²) < 4.78 is 0. The van der Waals surface area contributed by atoms with Crippen LogP contribution in [0.1, 0.15) is 25.7 Å². The van der Waals surface area contributed by atoms with Crippen LogP contribution in [-0.2, 0) is 9.59 Å². The van der Waals surface area contributed by atoms with E-state index >= 15 is 0 Å². The van der Waals surface area contributed by atoms with Gasteiger partial charge in [-0.2, -0.15) is 0 Å². The SMILES string of the molecule is O=C(O)C1(C(=O)N2CCCC(CO)C2)CC1. The van der Waals surface area contributed by atoms with Crippen LogP contribution >= 0.6 is 0 Å². The fourth-order valence-electron chi connectivity index (χ4n) is 2.35. The summed E-state index contributed by atoms with van der Waals surface area (Å²) >= 11 is 0. The zero-order valence-electron chi connectivity index (χ0n) is 9.19. The highest BCUT2D eigenvalue weighted by Gasteiger charge is 2.58. The zero-order valence-corrected chi connectivity index (χ0v) is 9.19. The van der Waals surface area contributed by atoms with Crippen molar-refractivity contribution >= 4 is 11.9 Å². The molecule has 2 N–H and O–H groups in total. The van der Waals surface area contributed by atoms with Crippen LogP contribution in [0.25, 0.3) is 0 Å². The highest BCUT2D eigenvalue weighted by atomic mass is 16.4. The summed E-state index contributed by atoms with van der Waals surface area (Å²) in [4.78, 5) is 24.7. The molecule has 0 aromatic rings. The van der Waals surface area contributed by atoms with Crippen LogP contribution in [0.3, 0.4) is 0 Å².